The summed E-state index contributed by atoms with van der Waals surface area (Å²) < 4.78 is 18.0. The molecule has 1 aromatic heterocycles. The largest absolute Gasteiger partial charge is 1.00 e. The van der Waals surface area contributed by atoms with Gasteiger partial charge in [0.2, 0.25) is 0 Å². The van der Waals surface area contributed by atoms with E-state index in [1.807, 2.05) is 55.5 Å². The average Bonchev–Trinajstić information content (AvgIpc) is 3.16. The van der Waals surface area contributed by atoms with Crippen LogP contribution < -0.4 is 27.2 Å². The summed E-state index contributed by atoms with van der Waals surface area (Å²) >= 11 is 3.62. The lowest BCUT2D eigenvalue weighted by molar-refractivity contribution is -0.00000646. The first-order chi connectivity index (χ1) is 12.8. The topological polar surface area (TPSA) is 43.6 Å². The van der Waals surface area contributed by atoms with Crippen LogP contribution in [0.3, 0.4) is 0 Å². The molecule has 2 aromatic carbocycles. The molecular weight excluding hydrogens is 430 g/mol. The van der Waals surface area contributed by atoms with E-state index in [0.29, 0.717) is 26.3 Å². The van der Waals surface area contributed by atoms with Gasteiger partial charge in [0.15, 0.2) is 11.5 Å². The Bertz CT molecular complexity index is 810. The number of hydrogen-bond acceptors (Lipinski definition) is 4. The van der Waals surface area contributed by atoms with Crippen molar-refractivity contribution < 1.29 is 26.3 Å². The van der Waals surface area contributed by atoms with E-state index >= 15 is 0 Å². The third-order valence-corrected chi connectivity index (χ3v) is 4.39. The van der Waals surface area contributed by atoms with Crippen molar-refractivity contribution in [3.05, 3.63) is 82.2 Å². The summed E-state index contributed by atoms with van der Waals surface area (Å²) in [5, 5.41) is 3.37. The molecular formula is C21H22BrClNO3-. The molecule has 0 fully saturated rings. The summed E-state index contributed by atoms with van der Waals surface area (Å²) in [6.45, 7) is 4.43. The van der Waals surface area contributed by atoms with Gasteiger partial charge >= 0.3 is 0 Å². The fourth-order valence-electron chi connectivity index (χ4n) is 2.60. The van der Waals surface area contributed by atoms with Crippen molar-refractivity contribution in [2.45, 2.75) is 26.6 Å². The third kappa shape index (κ3) is 6.31. The zero-order valence-electron chi connectivity index (χ0n) is 15.1. The summed E-state index contributed by atoms with van der Waals surface area (Å²) in [4.78, 5) is 0. The van der Waals surface area contributed by atoms with E-state index in [4.69, 9.17) is 13.9 Å². The fourth-order valence-corrected chi connectivity index (χ4v) is 3.20. The van der Waals surface area contributed by atoms with Crippen LogP contribution in [0.2, 0.25) is 0 Å². The highest BCUT2D eigenvalue weighted by Crippen LogP contribution is 2.37. The van der Waals surface area contributed by atoms with E-state index in [1.54, 1.807) is 6.26 Å². The van der Waals surface area contributed by atoms with Crippen LogP contribution in [0, 0.1) is 0 Å². The monoisotopic (exact) mass is 450 g/mol. The highest BCUT2D eigenvalue weighted by Gasteiger charge is 2.13. The van der Waals surface area contributed by atoms with E-state index < -0.39 is 0 Å². The van der Waals surface area contributed by atoms with Crippen molar-refractivity contribution in [3.63, 3.8) is 0 Å². The van der Waals surface area contributed by atoms with Gasteiger partial charge in [-0.25, -0.2) is 0 Å². The van der Waals surface area contributed by atoms with Crippen molar-refractivity contribution >= 4 is 15.9 Å². The van der Waals surface area contributed by atoms with Crippen LogP contribution in [-0.2, 0) is 19.7 Å². The average molecular weight is 452 g/mol. The molecule has 0 aliphatic carbocycles. The Hall–Kier alpha value is -1.95. The molecule has 1 N–H and O–H groups in total. The molecule has 3 rings (SSSR count). The number of hydrogen-bond donors (Lipinski definition) is 1. The first kappa shape index (κ1) is 21.4. The minimum absolute atomic E-state index is 0. The molecule has 0 aliphatic rings. The molecule has 3 aromatic rings. The van der Waals surface area contributed by atoms with Crippen LogP contribution in [0.5, 0.6) is 11.5 Å². The highest BCUT2D eigenvalue weighted by molar-refractivity contribution is 9.10. The van der Waals surface area contributed by atoms with Gasteiger partial charge < -0.3 is 31.6 Å². The molecule has 1 heterocycles. The van der Waals surface area contributed by atoms with Gasteiger partial charge in [0, 0.05) is 6.54 Å². The lowest BCUT2D eigenvalue weighted by Gasteiger charge is -2.16. The molecule has 0 atom stereocenters. The lowest BCUT2D eigenvalue weighted by atomic mass is 10.2. The van der Waals surface area contributed by atoms with Crippen molar-refractivity contribution in [1.82, 2.24) is 5.32 Å². The van der Waals surface area contributed by atoms with Crippen LogP contribution in [0.25, 0.3) is 0 Å². The molecule has 0 saturated carbocycles. The quantitative estimate of drug-likeness (QED) is 0.542. The fraction of sp³-hybridized carbons (Fsp3) is 0.238. The first-order valence-electron chi connectivity index (χ1n) is 8.61. The number of halogens is 2. The molecule has 6 heteroatoms. The molecule has 4 nitrogen and oxygen atoms in total. The maximum Gasteiger partial charge on any atom is 0.175 e. The van der Waals surface area contributed by atoms with E-state index in [-0.39, 0.29) is 12.4 Å². The molecule has 27 heavy (non-hydrogen) atoms. The number of rotatable bonds is 9. The van der Waals surface area contributed by atoms with Gasteiger partial charge in [0.1, 0.15) is 12.4 Å². The minimum Gasteiger partial charge on any atom is -1.00 e. The van der Waals surface area contributed by atoms with Crippen LogP contribution in [-0.4, -0.2) is 6.61 Å². The van der Waals surface area contributed by atoms with Gasteiger partial charge in [0.25, 0.3) is 0 Å². The smallest absolute Gasteiger partial charge is 0.175 e. The van der Waals surface area contributed by atoms with Crippen molar-refractivity contribution in [1.29, 1.82) is 0 Å². The predicted molar refractivity (Wildman–Crippen MR) is 105 cm³/mol. The summed E-state index contributed by atoms with van der Waals surface area (Å²) in [5.74, 6) is 2.38. The van der Waals surface area contributed by atoms with Gasteiger partial charge in [-0.2, -0.15) is 0 Å². The minimum atomic E-state index is 0. The Kier molecular flexibility index (Phi) is 8.72. The second-order valence-electron chi connectivity index (χ2n) is 5.80. The van der Waals surface area contributed by atoms with Crippen molar-refractivity contribution in [2.24, 2.45) is 0 Å². The van der Waals surface area contributed by atoms with Crippen LogP contribution in [0.1, 0.15) is 23.8 Å². The normalized spacial score (nSPS) is 10.3. The number of benzene rings is 2. The van der Waals surface area contributed by atoms with E-state index in [1.165, 1.54) is 0 Å². The Morgan fingerprint density at radius 2 is 1.78 bits per heavy atom. The SMILES string of the molecule is CCOc1cc(CNCc2ccco2)cc(Br)c1OCc1ccccc1.[Cl-]. The molecule has 0 amide bonds. The summed E-state index contributed by atoms with van der Waals surface area (Å²) in [6.07, 6.45) is 1.68. The van der Waals surface area contributed by atoms with Crippen LogP contribution >= 0.6 is 15.9 Å². The van der Waals surface area contributed by atoms with E-state index in [0.717, 1.165) is 32.9 Å². The zero-order chi connectivity index (χ0) is 18.2. The summed E-state index contributed by atoms with van der Waals surface area (Å²) in [5.41, 5.74) is 2.23. The predicted octanol–water partition coefficient (Wildman–Crippen LogP) is 2.31. The molecule has 0 radical (unpaired) electrons. The third-order valence-electron chi connectivity index (χ3n) is 3.80. The molecule has 0 unspecified atom stereocenters. The maximum atomic E-state index is 6.02. The van der Waals surface area contributed by atoms with E-state index in [9.17, 15) is 0 Å². The Labute approximate surface area is 174 Å². The zero-order valence-corrected chi connectivity index (χ0v) is 17.4. The standard InChI is InChI=1S/C21H22BrNO3.ClH/c1-2-24-20-12-17(13-23-14-18-9-6-10-25-18)11-19(22)21(20)26-15-16-7-4-3-5-8-16;/h3-12,23H,2,13-15H2,1H3;1H/p-1. The Morgan fingerprint density at radius 1 is 0.963 bits per heavy atom. The number of ether oxygens (including phenoxy) is 2. The molecule has 0 saturated heterocycles. The van der Waals surface area contributed by atoms with Gasteiger partial charge in [-0.3, -0.25) is 0 Å². The van der Waals surface area contributed by atoms with Gasteiger partial charge in [-0.15, -0.1) is 0 Å². The lowest BCUT2D eigenvalue weighted by Crippen LogP contribution is -3.00. The molecule has 0 spiro atoms. The van der Waals surface area contributed by atoms with Crippen LogP contribution in [0.15, 0.2) is 69.8 Å². The second-order valence-corrected chi connectivity index (χ2v) is 6.65. The van der Waals surface area contributed by atoms with Crippen molar-refractivity contribution in [3.8, 4) is 11.5 Å². The Morgan fingerprint density at radius 3 is 2.48 bits per heavy atom. The first-order valence-corrected chi connectivity index (χ1v) is 9.40. The van der Waals surface area contributed by atoms with Crippen molar-refractivity contribution in [2.75, 3.05) is 6.61 Å². The van der Waals surface area contributed by atoms with Gasteiger partial charge in [0.05, 0.1) is 23.9 Å². The summed E-state index contributed by atoms with van der Waals surface area (Å²) in [6, 6.07) is 18.0. The summed E-state index contributed by atoms with van der Waals surface area (Å²) in [7, 11) is 0. The second kappa shape index (κ2) is 11.0. The molecule has 144 valence electrons. The van der Waals surface area contributed by atoms with E-state index in [2.05, 4.69) is 27.3 Å². The number of nitrogens with one attached hydrogen (secondary N) is 1. The highest BCUT2D eigenvalue weighted by atomic mass is 79.9. The Balaban J connectivity index is 0.00000261. The van der Waals surface area contributed by atoms with Crippen LogP contribution in [0.4, 0.5) is 0 Å². The molecule has 0 aliphatic heterocycles. The maximum absolute atomic E-state index is 6.02. The molecule has 0 bridgehead atoms. The number of furan rings is 1. The van der Waals surface area contributed by atoms with Gasteiger partial charge in [-0.05, 0) is 58.2 Å². The van der Waals surface area contributed by atoms with Gasteiger partial charge in [-0.1, -0.05) is 30.3 Å².